The molecule has 5 unspecified atom stereocenters. The second-order valence-electron chi connectivity index (χ2n) is 10.2. The first-order valence-electron chi connectivity index (χ1n) is 12.3. The van der Waals surface area contributed by atoms with Gasteiger partial charge in [-0.2, -0.15) is 0 Å². The van der Waals surface area contributed by atoms with Crippen LogP contribution >= 0.6 is 0 Å². The molecule has 26 heavy (non-hydrogen) atoms. The van der Waals surface area contributed by atoms with Gasteiger partial charge in [0.1, 0.15) is 0 Å². The first-order valence-corrected chi connectivity index (χ1v) is 12.3. The molecule has 0 aromatic carbocycles. The van der Waals surface area contributed by atoms with Gasteiger partial charge in [-0.05, 0) is 75.3 Å². The van der Waals surface area contributed by atoms with Crippen molar-refractivity contribution in [2.24, 2.45) is 23.7 Å². The zero-order valence-electron chi connectivity index (χ0n) is 17.4. The van der Waals surface area contributed by atoms with Crippen LogP contribution in [0, 0.1) is 23.7 Å². The number of nitrogens with zero attached hydrogens (tertiary/aromatic N) is 1. The van der Waals surface area contributed by atoms with Crippen LogP contribution in [0.4, 0.5) is 0 Å². The van der Waals surface area contributed by atoms with E-state index >= 15 is 0 Å². The molecule has 2 nitrogen and oxygen atoms in total. The van der Waals surface area contributed by atoms with E-state index in [9.17, 15) is 0 Å². The Hall–Kier alpha value is -0.0800. The van der Waals surface area contributed by atoms with Crippen molar-refractivity contribution in [2.45, 2.75) is 115 Å². The summed E-state index contributed by atoms with van der Waals surface area (Å²) in [6.45, 7) is 5.07. The van der Waals surface area contributed by atoms with Crippen molar-refractivity contribution in [3.63, 3.8) is 0 Å². The molecule has 0 amide bonds. The van der Waals surface area contributed by atoms with Crippen LogP contribution in [-0.4, -0.2) is 30.2 Å². The van der Waals surface area contributed by atoms with Crippen molar-refractivity contribution in [3.8, 4) is 0 Å². The quantitative estimate of drug-likeness (QED) is 0.650. The smallest absolute Gasteiger partial charge is 0.0602 e. The van der Waals surface area contributed by atoms with E-state index in [0.717, 1.165) is 29.7 Å². The summed E-state index contributed by atoms with van der Waals surface area (Å²) in [6, 6.07) is 0.834. The van der Waals surface area contributed by atoms with Gasteiger partial charge in [-0.15, -0.1) is 0 Å². The Morgan fingerprint density at radius 3 is 2.35 bits per heavy atom. The van der Waals surface area contributed by atoms with Crippen molar-refractivity contribution in [1.82, 2.24) is 10.2 Å². The van der Waals surface area contributed by atoms with Crippen molar-refractivity contribution < 1.29 is 0 Å². The lowest BCUT2D eigenvalue weighted by molar-refractivity contribution is -0.0162. The molecule has 2 aliphatic heterocycles. The van der Waals surface area contributed by atoms with Crippen LogP contribution in [0.25, 0.3) is 0 Å². The highest BCUT2D eigenvalue weighted by molar-refractivity contribution is 4.98. The molecule has 4 aliphatic rings. The Bertz CT molecular complexity index is 410. The van der Waals surface area contributed by atoms with E-state index in [1.807, 2.05) is 0 Å². The van der Waals surface area contributed by atoms with E-state index in [-0.39, 0.29) is 0 Å². The summed E-state index contributed by atoms with van der Waals surface area (Å²) in [4.78, 5) is 2.83. The number of piperidine rings is 2. The zero-order chi connectivity index (χ0) is 17.8. The fourth-order valence-electron chi connectivity index (χ4n) is 7.07. The number of rotatable bonds is 5. The van der Waals surface area contributed by atoms with Crippen LogP contribution in [0.2, 0.25) is 0 Å². The summed E-state index contributed by atoms with van der Waals surface area (Å²) >= 11 is 0. The second kappa shape index (κ2) is 9.41. The lowest BCUT2D eigenvalue weighted by Gasteiger charge is -2.53. The van der Waals surface area contributed by atoms with Crippen LogP contribution in [0.3, 0.4) is 0 Å². The van der Waals surface area contributed by atoms with E-state index in [4.69, 9.17) is 0 Å². The van der Waals surface area contributed by atoms with Crippen LogP contribution in [-0.2, 0) is 0 Å². The summed E-state index contributed by atoms with van der Waals surface area (Å²) < 4.78 is 0. The maximum absolute atomic E-state index is 4.20. The largest absolute Gasteiger partial charge is 0.299 e. The molecule has 2 heteroatoms. The third-order valence-electron chi connectivity index (χ3n) is 8.51. The Morgan fingerprint density at radius 2 is 1.58 bits per heavy atom. The predicted octanol–water partition coefficient (Wildman–Crippen LogP) is 5.96. The standard InChI is InChI=1S/C24H44N2/c1-2-3-10-19-13-14-23-22(17-19)21(20-11-6-4-7-12-20)18-24(25-23)26-15-8-5-9-16-26/h19-25H,2-18H2,1H3. The maximum atomic E-state index is 4.20. The topological polar surface area (TPSA) is 15.3 Å². The summed E-state index contributed by atoms with van der Waals surface area (Å²) in [7, 11) is 0. The molecule has 2 heterocycles. The molecule has 4 rings (SSSR count). The van der Waals surface area contributed by atoms with Gasteiger partial charge in [0.25, 0.3) is 0 Å². The molecule has 0 aromatic heterocycles. The fourth-order valence-corrected chi connectivity index (χ4v) is 7.07. The molecule has 0 radical (unpaired) electrons. The van der Waals surface area contributed by atoms with E-state index in [1.54, 1.807) is 19.3 Å². The third kappa shape index (κ3) is 4.49. The lowest BCUT2D eigenvalue weighted by Crippen LogP contribution is -2.61. The molecule has 0 aromatic rings. The first kappa shape index (κ1) is 19.2. The normalized spacial score (nSPS) is 40.3. The molecule has 0 spiro atoms. The first-order chi connectivity index (χ1) is 12.8. The Balaban J connectivity index is 1.45. The van der Waals surface area contributed by atoms with Crippen molar-refractivity contribution in [2.75, 3.05) is 13.1 Å². The molecule has 4 fully saturated rings. The minimum absolute atomic E-state index is 0.704. The van der Waals surface area contributed by atoms with Crippen molar-refractivity contribution in [3.05, 3.63) is 0 Å². The number of hydrogen-bond acceptors (Lipinski definition) is 2. The summed E-state index contributed by atoms with van der Waals surface area (Å²) in [5.74, 6) is 4.11. The van der Waals surface area contributed by atoms with Crippen LogP contribution in [0.5, 0.6) is 0 Å². The van der Waals surface area contributed by atoms with E-state index in [1.165, 1.54) is 90.1 Å². The van der Waals surface area contributed by atoms with Crippen LogP contribution in [0.15, 0.2) is 0 Å². The maximum Gasteiger partial charge on any atom is 0.0602 e. The molecule has 2 saturated carbocycles. The third-order valence-corrected chi connectivity index (χ3v) is 8.51. The summed E-state index contributed by atoms with van der Waals surface area (Å²) in [6.07, 6.45) is 23.0. The van der Waals surface area contributed by atoms with Gasteiger partial charge in [-0.3, -0.25) is 10.2 Å². The molecule has 0 bridgehead atoms. The van der Waals surface area contributed by atoms with Crippen molar-refractivity contribution >= 4 is 0 Å². The molecular weight excluding hydrogens is 316 g/mol. The summed E-state index contributed by atoms with van der Waals surface area (Å²) in [5.41, 5.74) is 0. The van der Waals surface area contributed by atoms with Gasteiger partial charge >= 0.3 is 0 Å². The molecule has 1 N–H and O–H groups in total. The zero-order valence-corrected chi connectivity index (χ0v) is 17.4. The number of nitrogens with one attached hydrogen (secondary N) is 1. The average molecular weight is 361 g/mol. The van der Waals surface area contributed by atoms with E-state index < -0.39 is 0 Å². The van der Waals surface area contributed by atoms with Crippen molar-refractivity contribution in [1.29, 1.82) is 0 Å². The van der Waals surface area contributed by atoms with Gasteiger partial charge in [0.05, 0.1) is 6.17 Å². The number of unbranched alkanes of at least 4 members (excludes halogenated alkanes) is 1. The Kier molecular flexibility index (Phi) is 6.97. The predicted molar refractivity (Wildman–Crippen MR) is 111 cm³/mol. The Morgan fingerprint density at radius 1 is 0.808 bits per heavy atom. The highest BCUT2D eigenvalue weighted by Gasteiger charge is 2.45. The molecule has 5 atom stereocenters. The van der Waals surface area contributed by atoms with Gasteiger partial charge in [0, 0.05) is 6.04 Å². The SMILES string of the molecule is CCCCC1CCC2NC(N3CCCCC3)CC(C3CCCCC3)C2C1. The molecule has 2 aliphatic carbocycles. The van der Waals surface area contributed by atoms with Gasteiger partial charge in [0.15, 0.2) is 0 Å². The van der Waals surface area contributed by atoms with Crippen LogP contribution in [0.1, 0.15) is 103 Å². The molecule has 150 valence electrons. The van der Waals surface area contributed by atoms with Crippen LogP contribution < -0.4 is 5.32 Å². The average Bonchev–Trinajstić information content (AvgIpc) is 2.72. The number of fused-ring (bicyclic) bond motifs is 1. The number of likely N-dealkylation sites (tertiary alicyclic amines) is 1. The Labute approximate surface area is 162 Å². The monoisotopic (exact) mass is 360 g/mol. The van der Waals surface area contributed by atoms with Gasteiger partial charge in [-0.1, -0.05) is 64.7 Å². The van der Waals surface area contributed by atoms with Gasteiger partial charge in [-0.25, -0.2) is 0 Å². The second-order valence-corrected chi connectivity index (χ2v) is 10.2. The molecule has 2 saturated heterocycles. The highest BCUT2D eigenvalue weighted by Crippen LogP contribution is 2.47. The minimum atomic E-state index is 0.704. The number of hydrogen-bond donors (Lipinski definition) is 1. The van der Waals surface area contributed by atoms with E-state index in [2.05, 4.69) is 17.1 Å². The molecular formula is C24H44N2. The van der Waals surface area contributed by atoms with E-state index in [0.29, 0.717) is 6.17 Å². The van der Waals surface area contributed by atoms with Gasteiger partial charge < -0.3 is 0 Å². The highest BCUT2D eigenvalue weighted by atomic mass is 15.3. The minimum Gasteiger partial charge on any atom is -0.299 e. The fraction of sp³-hybridized carbons (Fsp3) is 1.00. The lowest BCUT2D eigenvalue weighted by atomic mass is 9.62. The summed E-state index contributed by atoms with van der Waals surface area (Å²) in [5, 5.41) is 4.20. The van der Waals surface area contributed by atoms with Gasteiger partial charge in [0.2, 0.25) is 0 Å².